The summed E-state index contributed by atoms with van der Waals surface area (Å²) in [6.07, 6.45) is 4.13. The van der Waals surface area contributed by atoms with Gasteiger partial charge in [0, 0.05) is 11.4 Å². The van der Waals surface area contributed by atoms with Crippen LogP contribution < -0.4 is 15.5 Å². The molecule has 0 spiro atoms. The summed E-state index contributed by atoms with van der Waals surface area (Å²) in [5.41, 5.74) is 2.86. The Balaban J connectivity index is 1.48. The molecule has 1 fully saturated rings. The van der Waals surface area contributed by atoms with Gasteiger partial charge in [0.2, 0.25) is 0 Å². The molecule has 2 amide bonds. The first-order chi connectivity index (χ1) is 14.2. The number of carbonyl (C=O) groups is 2. The lowest BCUT2D eigenvalue weighted by molar-refractivity contribution is -0.899. The van der Waals surface area contributed by atoms with E-state index in [1.807, 2.05) is 30.3 Å². The lowest BCUT2D eigenvalue weighted by atomic mass is 9.95. The number of fused-ring (bicyclic) bond motifs is 1. The van der Waals surface area contributed by atoms with Crippen molar-refractivity contribution >= 4 is 28.2 Å². The van der Waals surface area contributed by atoms with E-state index in [1.165, 1.54) is 9.78 Å². The molecule has 0 saturated carbocycles. The maximum atomic E-state index is 13.1. The average molecular weight is 415 g/mol. The highest BCUT2D eigenvalue weighted by Gasteiger charge is 2.27. The van der Waals surface area contributed by atoms with Gasteiger partial charge < -0.3 is 20.3 Å². The number of amides is 2. The number of rotatable bonds is 6. The molecule has 3 N–H and O–H groups in total. The molecule has 7 heteroatoms. The van der Waals surface area contributed by atoms with Gasteiger partial charge in [-0.1, -0.05) is 30.3 Å². The van der Waals surface area contributed by atoms with E-state index >= 15 is 0 Å². The van der Waals surface area contributed by atoms with Crippen molar-refractivity contribution in [3.63, 3.8) is 0 Å². The molecule has 1 saturated heterocycles. The molecule has 4 rings (SSSR count). The van der Waals surface area contributed by atoms with Crippen LogP contribution in [0.4, 0.5) is 5.00 Å². The highest BCUT2D eigenvalue weighted by Crippen LogP contribution is 2.38. The first-order valence-electron chi connectivity index (χ1n) is 10.4. The highest BCUT2D eigenvalue weighted by molar-refractivity contribution is 7.17. The van der Waals surface area contributed by atoms with Crippen LogP contribution in [0.25, 0.3) is 0 Å². The summed E-state index contributed by atoms with van der Waals surface area (Å²) in [6.45, 7) is 3.98. The number of anilines is 1. The van der Waals surface area contributed by atoms with Gasteiger partial charge in [-0.3, -0.25) is 9.59 Å². The molecule has 1 aliphatic heterocycles. The molecule has 0 atom stereocenters. The highest BCUT2D eigenvalue weighted by atomic mass is 32.1. The van der Waals surface area contributed by atoms with Crippen molar-refractivity contribution in [2.24, 2.45) is 0 Å². The summed E-state index contributed by atoms with van der Waals surface area (Å²) in [7, 11) is 0. The van der Waals surface area contributed by atoms with E-state index in [9.17, 15) is 9.59 Å². The predicted molar refractivity (Wildman–Crippen MR) is 114 cm³/mol. The fourth-order valence-electron chi connectivity index (χ4n) is 4.00. The number of ether oxygens (including phenoxy) is 1. The van der Waals surface area contributed by atoms with Gasteiger partial charge in [-0.15, -0.1) is 11.3 Å². The second-order valence-electron chi connectivity index (χ2n) is 7.67. The third kappa shape index (κ3) is 5.04. The zero-order valence-electron chi connectivity index (χ0n) is 16.6. The monoisotopic (exact) mass is 414 g/mol. The standard InChI is InChI=1S/C22H27N3O3S/c26-19(15-25-10-12-28-13-11-25)24-22-20(17-8-4-5-9-18(17)29-22)21(27)23-14-16-6-2-1-3-7-16/h1-3,6-7H,4-5,8-15H2,(H,23,27)(H,24,26)/p+1. The number of hydrogen-bond acceptors (Lipinski definition) is 4. The smallest absolute Gasteiger partial charge is 0.280 e. The maximum absolute atomic E-state index is 13.1. The number of nitrogens with one attached hydrogen (secondary N) is 3. The fourth-order valence-corrected chi connectivity index (χ4v) is 5.30. The van der Waals surface area contributed by atoms with Gasteiger partial charge in [0.05, 0.1) is 18.8 Å². The average Bonchev–Trinajstić information content (AvgIpc) is 3.11. The molecule has 154 valence electrons. The molecule has 29 heavy (non-hydrogen) atoms. The van der Waals surface area contributed by atoms with Gasteiger partial charge in [0.1, 0.15) is 18.1 Å². The molecular formula is C22H28N3O3S+. The number of benzene rings is 1. The summed E-state index contributed by atoms with van der Waals surface area (Å²) in [5.74, 6) is -0.125. The van der Waals surface area contributed by atoms with E-state index in [4.69, 9.17) is 4.74 Å². The van der Waals surface area contributed by atoms with Crippen molar-refractivity contribution in [1.29, 1.82) is 0 Å². The lowest BCUT2D eigenvalue weighted by Crippen LogP contribution is -3.15. The fraction of sp³-hybridized carbons (Fsp3) is 0.455. The normalized spacial score (nSPS) is 16.8. The molecule has 0 bridgehead atoms. The summed E-state index contributed by atoms with van der Waals surface area (Å²) >= 11 is 1.58. The van der Waals surface area contributed by atoms with Crippen molar-refractivity contribution < 1.29 is 19.2 Å². The van der Waals surface area contributed by atoms with E-state index in [0.29, 0.717) is 36.9 Å². The Morgan fingerprint density at radius 1 is 1.07 bits per heavy atom. The molecule has 1 aromatic heterocycles. The van der Waals surface area contributed by atoms with Crippen LogP contribution in [-0.4, -0.2) is 44.7 Å². The van der Waals surface area contributed by atoms with Gasteiger partial charge in [0.15, 0.2) is 6.54 Å². The lowest BCUT2D eigenvalue weighted by Gasteiger charge is -2.23. The number of hydrogen-bond donors (Lipinski definition) is 3. The minimum absolute atomic E-state index is 0.0300. The SMILES string of the molecule is O=C(C[NH+]1CCOCC1)Nc1sc2c(c1C(=O)NCc1ccccc1)CCCC2. The molecule has 1 aromatic carbocycles. The Morgan fingerprint density at radius 2 is 1.83 bits per heavy atom. The largest absolute Gasteiger partial charge is 0.370 e. The summed E-state index contributed by atoms with van der Waals surface area (Å²) < 4.78 is 5.37. The van der Waals surface area contributed by atoms with E-state index in [1.54, 1.807) is 11.3 Å². The first-order valence-corrected chi connectivity index (χ1v) is 11.2. The quantitative estimate of drug-likeness (QED) is 0.669. The van der Waals surface area contributed by atoms with Crippen LogP contribution in [0.1, 0.15) is 39.2 Å². The Labute approximate surface area is 175 Å². The molecule has 0 radical (unpaired) electrons. The van der Waals surface area contributed by atoms with Gasteiger partial charge in [0.25, 0.3) is 11.8 Å². The van der Waals surface area contributed by atoms with Gasteiger partial charge in [-0.05, 0) is 36.8 Å². The Hall–Kier alpha value is -2.22. The van der Waals surface area contributed by atoms with Crippen LogP contribution in [0.15, 0.2) is 30.3 Å². The van der Waals surface area contributed by atoms with Gasteiger partial charge >= 0.3 is 0 Å². The summed E-state index contributed by atoms with van der Waals surface area (Å²) in [6, 6.07) is 9.89. The van der Waals surface area contributed by atoms with Crippen molar-refractivity contribution in [2.45, 2.75) is 32.2 Å². The zero-order valence-corrected chi connectivity index (χ0v) is 17.4. The number of aryl methyl sites for hydroxylation is 1. The summed E-state index contributed by atoms with van der Waals surface area (Å²) in [5, 5.41) is 6.80. The molecule has 2 aromatic rings. The second kappa shape index (κ2) is 9.52. The molecule has 2 heterocycles. The van der Waals surface area contributed by atoms with Crippen LogP contribution in [0.2, 0.25) is 0 Å². The van der Waals surface area contributed by atoms with E-state index in [0.717, 1.165) is 49.9 Å². The van der Waals surface area contributed by atoms with E-state index < -0.39 is 0 Å². The Bertz CT molecular complexity index is 860. The molecular weight excluding hydrogens is 386 g/mol. The Kier molecular flexibility index (Phi) is 6.59. The van der Waals surface area contributed by atoms with Gasteiger partial charge in [-0.2, -0.15) is 0 Å². The predicted octanol–water partition coefficient (Wildman–Crippen LogP) is 1.41. The number of thiophene rings is 1. The third-order valence-corrected chi connectivity index (χ3v) is 6.76. The first kappa shape index (κ1) is 20.1. The maximum Gasteiger partial charge on any atom is 0.280 e. The minimum atomic E-state index is -0.0951. The molecule has 6 nitrogen and oxygen atoms in total. The van der Waals surface area contributed by atoms with E-state index in [2.05, 4.69) is 10.6 Å². The van der Waals surface area contributed by atoms with Crippen molar-refractivity contribution in [1.82, 2.24) is 5.32 Å². The van der Waals surface area contributed by atoms with Gasteiger partial charge in [-0.25, -0.2) is 0 Å². The topological polar surface area (TPSA) is 71.9 Å². The van der Waals surface area contributed by atoms with Crippen LogP contribution in [0.3, 0.4) is 0 Å². The molecule has 0 unspecified atom stereocenters. The van der Waals surface area contributed by atoms with Crippen molar-refractivity contribution in [2.75, 3.05) is 38.2 Å². The molecule has 2 aliphatic rings. The van der Waals surface area contributed by atoms with Crippen LogP contribution in [-0.2, 0) is 28.9 Å². The van der Waals surface area contributed by atoms with Crippen LogP contribution >= 0.6 is 11.3 Å². The second-order valence-corrected chi connectivity index (χ2v) is 8.78. The zero-order chi connectivity index (χ0) is 20.1. The Morgan fingerprint density at radius 3 is 2.62 bits per heavy atom. The third-order valence-electron chi connectivity index (χ3n) is 5.56. The number of quaternary nitrogens is 1. The van der Waals surface area contributed by atoms with Crippen molar-refractivity contribution in [3.8, 4) is 0 Å². The van der Waals surface area contributed by atoms with Crippen molar-refractivity contribution in [3.05, 3.63) is 51.9 Å². The molecule has 1 aliphatic carbocycles. The summed E-state index contributed by atoms with van der Waals surface area (Å²) in [4.78, 5) is 28.2. The van der Waals surface area contributed by atoms with Crippen LogP contribution in [0.5, 0.6) is 0 Å². The minimum Gasteiger partial charge on any atom is -0.370 e. The van der Waals surface area contributed by atoms with E-state index in [-0.39, 0.29) is 11.8 Å². The van der Waals surface area contributed by atoms with Crippen LogP contribution in [0, 0.1) is 0 Å². The number of carbonyl (C=O) groups excluding carboxylic acids is 2. The number of morpholine rings is 1.